The lowest BCUT2D eigenvalue weighted by atomic mass is 10.0. The fourth-order valence-corrected chi connectivity index (χ4v) is 4.63. The van der Waals surface area contributed by atoms with Gasteiger partial charge in [-0.2, -0.15) is 0 Å². The lowest BCUT2D eigenvalue weighted by Gasteiger charge is -2.34. The highest BCUT2D eigenvalue weighted by atomic mass is 127. The van der Waals surface area contributed by atoms with Crippen LogP contribution in [0.3, 0.4) is 0 Å². The van der Waals surface area contributed by atoms with Crippen molar-refractivity contribution < 1.29 is 4.39 Å². The molecule has 0 radical (unpaired) electrons. The number of anilines is 1. The normalized spacial score (nSPS) is 17.2. The average Bonchev–Trinajstić information content (AvgIpc) is 3.03. The molecular weight excluding hydrogens is 532 g/mol. The van der Waals surface area contributed by atoms with Crippen molar-refractivity contribution in [2.75, 3.05) is 31.1 Å². The third kappa shape index (κ3) is 7.28. The van der Waals surface area contributed by atoms with E-state index in [2.05, 4.69) is 37.2 Å². The summed E-state index contributed by atoms with van der Waals surface area (Å²) in [4.78, 5) is 7.06. The Morgan fingerprint density at radius 1 is 1.15 bits per heavy atom. The van der Waals surface area contributed by atoms with Gasteiger partial charge in [0.05, 0.1) is 0 Å². The standard InChI is InChI=1S/C24H36FN7.HI/c1-2-26-24(27-14-7-11-23-30-29-22-10-4-3-5-15-32(22)23)28-20-12-16-31(17-13-20)21-9-6-8-19(25)18-21;/h6,8-9,18,20H,2-5,7,10-17H2,1H3,(H2,26,27,28);1H. The van der Waals surface area contributed by atoms with Crippen LogP contribution >= 0.6 is 24.0 Å². The molecule has 2 aliphatic heterocycles. The van der Waals surface area contributed by atoms with Gasteiger partial charge < -0.3 is 20.1 Å². The van der Waals surface area contributed by atoms with E-state index in [9.17, 15) is 4.39 Å². The Morgan fingerprint density at radius 2 is 2.00 bits per heavy atom. The Hall–Kier alpha value is -1.91. The molecule has 0 saturated carbocycles. The van der Waals surface area contributed by atoms with Gasteiger partial charge in [0.1, 0.15) is 17.5 Å². The van der Waals surface area contributed by atoms with Crippen molar-refractivity contribution in [3.05, 3.63) is 41.7 Å². The Balaban J connectivity index is 0.00000306. The molecule has 2 aromatic rings. The molecule has 1 aromatic carbocycles. The molecule has 0 aliphatic carbocycles. The van der Waals surface area contributed by atoms with Crippen LogP contribution < -0.4 is 15.5 Å². The largest absolute Gasteiger partial charge is 0.371 e. The number of halogens is 2. The van der Waals surface area contributed by atoms with Gasteiger partial charge in [0, 0.05) is 57.3 Å². The molecule has 4 rings (SSSR count). The van der Waals surface area contributed by atoms with E-state index in [-0.39, 0.29) is 29.8 Å². The third-order valence-electron chi connectivity index (χ3n) is 6.37. The zero-order chi connectivity index (χ0) is 22.2. The molecule has 7 nitrogen and oxygen atoms in total. The van der Waals surface area contributed by atoms with Crippen LogP contribution in [-0.2, 0) is 19.4 Å². The Morgan fingerprint density at radius 3 is 2.79 bits per heavy atom. The smallest absolute Gasteiger partial charge is 0.191 e. The summed E-state index contributed by atoms with van der Waals surface area (Å²) in [5.74, 6) is 2.98. The minimum Gasteiger partial charge on any atom is -0.371 e. The number of guanidine groups is 1. The molecule has 1 aromatic heterocycles. The molecular formula is C24H37FIN7. The summed E-state index contributed by atoms with van der Waals surface area (Å²) in [6.07, 6.45) is 8.68. The van der Waals surface area contributed by atoms with Gasteiger partial charge in [-0.25, -0.2) is 4.39 Å². The van der Waals surface area contributed by atoms with E-state index in [0.29, 0.717) is 6.04 Å². The number of nitrogens with one attached hydrogen (secondary N) is 2. The molecule has 33 heavy (non-hydrogen) atoms. The van der Waals surface area contributed by atoms with E-state index in [1.807, 2.05) is 6.07 Å². The predicted octanol–water partition coefficient (Wildman–Crippen LogP) is 3.92. The Labute approximate surface area is 213 Å². The highest BCUT2D eigenvalue weighted by Crippen LogP contribution is 2.21. The number of fused-ring (bicyclic) bond motifs is 1. The summed E-state index contributed by atoms with van der Waals surface area (Å²) in [5.41, 5.74) is 0.968. The molecule has 2 aliphatic rings. The van der Waals surface area contributed by atoms with Crippen LogP contribution in [0.4, 0.5) is 10.1 Å². The molecule has 0 amide bonds. The molecule has 9 heteroatoms. The quantitative estimate of drug-likeness (QED) is 0.229. The number of nitrogens with zero attached hydrogens (tertiary/aromatic N) is 5. The zero-order valence-corrected chi connectivity index (χ0v) is 21.9. The van der Waals surface area contributed by atoms with Crippen LogP contribution in [0.15, 0.2) is 29.3 Å². The van der Waals surface area contributed by atoms with Gasteiger partial charge in [0.25, 0.3) is 0 Å². The average molecular weight is 570 g/mol. The molecule has 0 spiro atoms. The topological polar surface area (TPSA) is 70.4 Å². The second kappa shape index (κ2) is 13.1. The molecule has 0 atom stereocenters. The maximum absolute atomic E-state index is 13.5. The summed E-state index contributed by atoms with van der Waals surface area (Å²) >= 11 is 0. The number of rotatable bonds is 7. The second-order valence-electron chi connectivity index (χ2n) is 8.74. The van der Waals surface area contributed by atoms with Crippen molar-refractivity contribution in [1.82, 2.24) is 25.4 Å². The van der Waals surface area contributed by atoms with Gasteiger partial charge in [-0.15, -0.1) is 34.2 Å². The second-order valence-corrected chi connectivity index (χ2v) is 8.74. The van der Waals surface area contributed by atoms with Gasteiger partial charge in [-0.3, -0.25) is 4.99 Å². The number of aromatic nitrogens is 3. The monoisotopic (exact) mass is 569 g/mol. The summed E-state index contributed by atoms with van der Waals surface area (Å²) < 4.78 is 15.8. The van der Waals surface area contributed by atoms with E-state index in [0.717, 1.165) is 88.1 Å². The number of benzene rings is 1. The molecule has 0 bridgehead atoms. The molecule has 3 heterocycles. The van der Waals surface area contributed by atoms with Crippen molar-refractivity contribution in [2.45, 2.75) is 70.9 Å². The van der Waals surface area contributed by atoms with Crippen LogP contribution in [0.1, 0.15) is 57.1 Å². The maximum atomic E-state index is 13.5. The van der Waals surface area contributed by atoms with E-state index >= 15 is 0 Å². The van der Waals surface area contributed by atoms with Crippen molar-refractivity contribution in [2.24, 2.45) is 4.99 Å². The molecule has 0 unspecified atom stereocenters. The van der Waals surface area contributed by atoms with Gasteiger partial charge in [0.15, 0.2) is 5.96 Å². The SMILES string of the molecule is CCNC(=NCCCc1nnc2n1CCCCC2)NC1CCN(c2cccc(F)c2)CC1.I. The maximum Gasteiger partial charge on any atom is 0.191 e. The number of aryl methyl sites for hydroxylation is 2. The first-order valence-electron chi connectivity index (χ1n) is 12.2. The van der Waals surface area contributed by atoms with Crippen LogP contribution in [-0.4, -0.2) is 52.9 Å². The van der Waals surface area contributed by atoms with E-state index < -0.39 is 0 Å². The first-order valence-corrected chi connectivity index (χ1v) is 12.2. The fraction of sp³-hybridized carbons (Fsp3) is 0.625. The van der Waals surface area contributed by atoms with Crippen LogP contribution in [0.2, 0.25) is 0 Å². The van der Waals surface area contributed by atoms with Crippen LogP contribution in [0, 0.1) is 5.82 Å². The lowest BCUT2D eigenvalue weighted by molar-refractivity contribution is 0.461. The van der Waals surface area contributed by atoms with E-state index in [1.165, 1.54) is 25.3 Å². The summed E-state index contributed by atoms with van der Waals surface area (Å²) in [5, 5.41) is 15.8. The van der Waals surface area contributed by atoms with Crippen LogP contribution in [0.25, 0.3) is 0 Å². The fourth-order valence-electron chi connectivity index (χ4n) is 4.63. The third-order valence-corrected chi connectivity index (χ3v) is 6.37. The minimum absolute atomic E-state index is 0. The van der Waals surface area contributed by atoms with E-state index in [1.54, 1.807) is 12.1 Å². The minimum atomic E-state index is -0.175. The van der Waals surface area contributed by atoms with E-state index in [4.69, 9.17) is 4.99 Å². The molecule has 1 saturated heterocycles. The Bertz CT molecular complexity index is 893. The van der Waals surface area contributed by atoms with Gasteiger partial charge in [-0.05, 0) is 57.2 Å². The van der Waals surface area contributed by atoms with Crippen molar-refractivity contribution in [1.29, 1.82) is 0 Å². The first-order chi connectivity index (χ1) is 15.7. The highest BCUT2D eigenvalue weighted by molar-refractivity contribution is 14.0. The van der Waals surface area contributed by atoms with Gasteiger partial charge >= 0.3 is 0 Å². The summed E-state index contributed by atoms with van der Waals surface area (Å²) in [6, 6.07) is 7.26. The number of aliphatic imine (C=N–C) groups is 1. The predicted molar refractivity (Wildman–Crippen MR) is 142 cm³/mol. The number of hydrogen-bond donors (Lipinski definition) is 2. The Kier molecular flexibility index (Phi) is 10.2. The molecule has 2 N–H and O–H groups in total. The van der Waals surface area contributed by atoms with Crippen molar-refractivity contribution >= 4 is 35.6 Å². The van der Waals surface area contributed by atoms with Crippen molar-refractivity contribution in [3.8, 4) is 0 Å². The zero-order valence-electron chi connectivity index (χ0n) is 19.6. The van der Waals surface area contributed by atoms with Crippen LogP contribution in [0.5, 0.6) is 0 Å². The number of piperidine rings is 1. The summed E-state index contributed by atoms with van der Waals surface area (Å²) in [6.45, 7) is 6.58. The first kappa shape index (κ1) is 25.7. The van der Waals surface area contributed by atoms with Gasteiger partial charge in [0.2, 0.25) is 0 Å². The molecule has 182 valence electrons. The molecule has 1 fully saturated rings. The highest BCUT2D eigenvalue weighted by Gasteiger charge is 2.20. The van der Waals surface area contributed by atoms with Crippen molar-refractivity contribution in [3.63, 3.8) is 0 Å². The number of hydrogen-bond acceptors (Lipinski definition) is 4. The summed E-state index contributed by atoms with van der Waals surface area (Å²) in [7, 11) is 0. The lowest BCUT2D eigenvalue weighted by Crippen LogP contribution is -2.48. The van der Waals surface area contributed by atoms with Gasteiger partial charge in [-0.1, -0.05) is 12.5 Å².